The van der Waals surface area contributed by atoms with Gasteiger partial charge in [-0.1, -0.05) is 13.0 Å². The molecule has 0 bridgehead atoms. The molecule has 2 aromatic rings. The molecule has 18 heavy (non-hydrogen) atoms. The third kappa shape index (κ3) is 2.16. The monoisotopic (exact) mass is 245 g/mol. The number of nitrogens with zero attached hydrogens (tertiary/aromatic N) is 1. The second kappa shape index (κ2) is 5.12. The van der Waals surface area contributed by atoms with Gasteiger partial charge in [0.25, 0.3) is 0 Å². The van der Waals surface area contributed by atoms with E-state index in [1.54, 1.807) is 0 Å². The van der Waals surface area contributed by atoms with Crippen LogP contribution in [0.15, 0.2) is 18.2 Å². The largest absolute Gasteiger partial charge is 0.358 e. The third-order valence-electron chi connectivity index (χ3n) is 3.69. The minimum absolute atomic E-state index is 0.269. The lowest BCUT2D eigenvalue weighted by Gasteiger charge is -2.23. The first-order valence-corrected chi connectivity index (χ1v) is 6.56. The lowest BCUT2D eigenvalue weighted by Crippen LogP contribution is -2.27. The highest BCUT2D eigenvalue weighted by molar-refractivity contribution is 5.85. The summed E-state index contributed by atoms with van der Waals surface area (Å²) in [5, 5.41) is 1.32. The quantitative estimate of drug-likeness (QED) is 0.869. The fourth-order valence-corrected chi connectivity index (χ4v) is 2.63. The summed E-state index contributed by atoms with van der Waals surface area (Å²) in [5.41, 5.74) is 11.1. The molecule has 0 saturated carbocycles. The molecule has 1 unspecified atom stereocenters. The van der Waals surface area contributed by atoms with Crippen LogP contribution < -0.4 is 5.73 Å². The van der Waals surface area contributed by atoms with E-state index >= 15 is 0 Å². The minimum Gasteiger partial charge on any atom is -0.358 e. The van der Waals surface area contributed by atoms with Gasteiger partial charge < -0.3 is 15.6 Å². The molecule has 1 heterocycles. The zero-order chi connectivity index (χ0) is 13.3. The average molecular weight is 245 g/mol. The predicted molar refractivity (Wildman–Crippen MR) is 77.9 cm³/mol. The van der Waals surface area contributed by atoms with Crippen molar-refractivity contribution in [2.75, 3.05) is 20.6 Å². The van der Waals surface area contributed by atoms with Crippen LogP contribution in [0.1, 0.15) is 29.8 Å². The second-order valence-corrected chi connectivity index (χ2v) is 5.11. The van der Waals surface area contributed by atoms with Crippen LogP contribution in [-0.4, -0.2) is 30.5 Å². The van der Waals surface area contributed by atoms with Gasteiger partial charge in [0.15, 0.2) is 0 Å². The first-order valence-electron chi connectivity index (χ1n) is 6.56. The van der Waals surface area contributed by atoms with Crippen LogP contribution in [0.5, 0.6) is 0 Å². The van der Waals surface area contributed by atoms with Gasteiger partial charge in [0.1, 0.15) is 0 Å². The van der Waals surface area contributed by atoms with E-state index in [2.05, 4.69) is 56.0 Å². The molecule has 0 aliphatic heterocycles. The Morgan fingerprint density at radius 3 is 2.61 bits per heavy atom. The average Bonchev–Trinajstić information content (AvgIpc) is 2.66. The summed E-state index contributed by atoms with van der Waals surface area (Å²) in [6, 6.07) is 6.93. The number of likely N-dealkylation sites (N-methyl/N-ethyl adjacent to an activating group) is 1. The lowest BCUT2D eigenvalue weighted by atomic mass is 10.00. The predicted octanol–water partition coefficient (Wildman–Crippen LogP) is 2.60. The Morgan fingerprint density at radius 1 is 1.33 bits per heavy atom. The van der Waals surface area contributed by atoms with E-state index in [0.29, 0.717) is 6.54 Å². The number of fused-ring (bicyclic) bond motifs is 1. The first kappa shape index (κ1) is 13.1. The lowest BCUT2D eigenvalue weighted by molar-refractivity contribution is 0.307. The number of rotatable bonds is 4. The standard InChI is InChI=1S/C15H23N3/c1-5-11-6-7-13-12(8-11)15(10(2)17-13)14(9-16)18(3)4/h6-8,14,17H,5,9,16H2,1-4H3. The molecular formula is C15H23N3. The Morgan fingerprint density at radius 2 is 2.06 bits per heavy atom. The summed E-state index contributed by atoms with van der Waals surface area (Å²) in [6.45, 7) is 4.96. The number of aromatic nitrogens is 1. The summed E-state index contributed by atoms with van der Waals surface area (Å²) in [6.07, 6.45) is 1.06. The van der Waals surface area contributed by atoms with Crippen molar-refractivity contribution in [3.63, 3.8) is 0 Å². The van der Waals surface area contributed by atoms with Crippen molar-refractivity contribution in [1.82, 2.24) is 9.88 Å². The van der Waals surface area contributed by atoms with Crippen LogP contribution in [-0.2, 0) is 6.42 Å². The van der Waals surface area contributed by atoms with Crippen molar-refractivity contribution in [3.05, 3.63) is 35.0 Å². The van der Waals surface area contributed by atoms with Gasteiger partial charge >= 0.3 is 0 Å². The topological polar surface area (TPSA) is 45.1 Å². The molecule has 0 radical (unpaired) electrons. The van der Waals surface area contributed by atoms with Gasteiger partial charge in [-0.15, -0.1) is 0 Å². The van der Waals surface area contributed by atoms with Crippen LogP contribution in [0.4, 0.5) is 0 Å². The van der Waals surface area contributed by atoms with Gasteiger partial charge in [-0.2, -0.15) is 0 Å². The Hall–Kier alpha value is -1.32. The van der Waals surface area contributed by atoms with E-state index in [1.807, 2.05) is 0 Å². The Bertz CT molecular complexity index is 540. The van der Waals surface area contributed by atoms with E-state index < -0.39 is 0 Å². The van der Waals surface area contributed by atoms with E-state index in [0.717, 1.165) is 6.42 Å². The molecular weight excluding hydrogens is 222 g/mol. The summed E-state index contributed by atoms with van der Waals surface area (Å²) in [7, 11) is 4.17. The van der Waals surface area contributed by atoms with Gasteiger partial charge in [0.2, 0.25) is 0 Å². The molecule has 0 saturated heterocycles. The maximum Gasteiger partial charge on any atom is 0.0488 e. The van der Waals surface area contributed by atoms with Crippen LogP contribution in [0.3, 0.4) is 0 Å². The SMILES string of the molecule is CCc1ccc2[nH]c(C)c(C(CN)N(C)C)c2c1. The molecule has 3 heteroatoms. The Kier molecular flexibility index (Phi) is 3.73. The number of hydrogen-bond donors (Lipinski definition) is 2. The van der Waals surface area contributed by atoms with Crippen molar-refractivity contribution in [1.29, 1.82) is 0 Å². The van der Waals surface area contributed by atoms with Gasteiger partial charge in [-0.25, -0.2) is 0 Å². The number of nitrogens with one attached hydrogen (secondary N) is 1. The highest BCUT2D eigenvalue weighted by Crippen LogP contribution is 2.30. The van der Waals surface area contributed by atoms with Gasteiger partial charge in [0.05, 0.1) is 0 Å². The summed E-state index contributed by atoms with van der Waals surface area (Å²) < 4.78 is 0. The fraction of sp³-hybridized carbons (Fsp3) is 0.467. The van der Waals surface area contributed by atoms with E-state index in [1.165, 1.54) is 27.7 Å². The molecule has 1 aromatic carbocycles. The maximum absolute atomic E-state index is 5.94. The van der Waals surface area contributed by atoms with E-state index in [9.17, 15) is 0 Å². The molecule has 1 atom stereocenters. The van der Waals surface area contributed by atoms with Crippen molar-refractivity contribution >= 4 is 10.9 Å². The van der Waals surface area contributed by atoms with Crippen molar-refractivity contribution in [3.8, 4) is 0 Å². The van der Waals surface area contributed by atoms with Crippen molar-refractivity contribution in [2.24, 2.45) is 5.73 Å². The number of aromatic amines is 1. The number of hydrogen-bond acceptors (Lipinski definition) is 2. The normalized spacial score (nSPS) is 13.4. The van der Waals surface area contributed by atoms with Crippen LogP contribution >= 0.6 is 0 Å². The zero-order valence-electron chi connectivity index (χ0n) is 11.7. The van der Waals surface area contributed by atoms with Crippen molar-refractivity contribution in [2.45, 2.75) is 26.3 Å². The summed E-state index contributed by atoms with van der Waals surface area (Å²) >= 11 is 0. The minimum atomic E-state index is 0.269. The molecule has 0 spiro atoms. The van der Waals surface area contributed by atoms with Gasteiger partial charge in [0, 0.05) is 29.2 Å². The number of nitrogens with two attached hydrogens (primary N) is 1. The molecule has 0 aliphatic rings. The third-order valence-corrected chi connectivity index (χ3v) is 3.69. The zero-order valence-corrected chi connectivity index (χ0v) is 11.7. The van der Waals surface area contributed by atoms with Crippen LogP contribution in [0, 0.1) is 6.92 Å². The fourth-order valence-electron chi connectivity index (χ4n) is 2.63. The first-order chi connectivity index (χ1) is 8.58. The van der Waals surface area contributed by atoms with Crippen LogP contribution in [0.2, 0.25) is 0 Å². The molecule has 1 aromatic heterocycles. The molecule has 0 fully saturated rings. The molecule has 0 amide bonds. The molecule has 2 rings (SSSR count). The number of aryl methyl sites for hydroxylation is 2. The molecule has 3 nitrogen and oxygen atoms in total. The molecule has 0 aliphatic carbocycles. The Balaban J connectivity index is 2.64. The summed E-state index contributed by atoms with van der Waals surface area (Å²) in [5.74, 6) is 0. The maximum atomic E-state index is 5.94. The Labute approximate surface area is 109 Å². The number of H-pyrrole nitrogens is 1. The highest BCUT2D eigenvalue weighted by Gasteiger charge is 2.19. The second-order valence-electron chi connectivity index (χ2n) is 5.11. The van der Waals surface area contributed by atoms with E-state index in [4.69, 9.17) is 5.73 Å². The van der Waals surface area contributed by atoms with Gasteiger partial charge in [-0.3, -0.25) is 0 Å². The molecule has 3 N–H and O–H groups in total. The summed E-state index contributed by atoms with van der Waals surface area (Å²) in [4.78, 5) is 5.65. The molecule has 98 valence electrons. The highest BCUT2D eigenvalue weighted by atomic mass is 15.1. The smallest absolute Gasteiger partial charge is 0.0488 e. The van der Waals surface area contributed by atoms with E-state index in [-0.39, 0.29) is 6.04 Å². The van der Waals surface area contributed by atoms with Gasteiger partial charge in [-0.05, 0) is 50.7 Å². The number of benzene rings is 1. The van der Waals surface area contributed by atoms with Crippen molar-refractivity contribution < 1.29 is 0 Å². The van der Waals surface area contributed by atoms with Crippen LogP contribution in [0.25, 0.3) is 10.9 Å².